The van der Waals surface area contributed by atoms with Gasteiger partial charge in [-0.25, -0.2) is 0 Å². The number of hydrogen-bond acceptors (Lipinski definition) is 4. The van der Waals surface area contributed by atoms with Crippen LogP contribution in [0.5, 0.6) is 0 Å². The third kappa shape index (κ3) is 2.57. The van der Waals surface area contributed by atoms with Gasteiger partial charge in [-0.15, -0.1) is 0 Å². The number of aliphatic hydroxyl groups is 1. The fourth-order valence-electron chi connectivity index (χ4n) is 3.53. The molecule has 0 aliphatic heterocycles. The Hall–Kier alpha value is -0.160. The summed E-state index contributed by atoms with van der Waals surface area (Å²) in [5, 5.41) is 12.8. The molecule has 4 nitrogen and oxygen atoms in total. The highest BCUT2D eigenvalue weighted by Gasteiger charge is 2.58. The summed E-state index contributed by atoms with van der Waals surface area (Å²) in [6.45, 7) is 3.78. The molecule has 2 saturated carbocycles. The topological polar surface area (TPSA) is 50.7 Å². The smallest absolute Gasteiger partial charge is 0.0661 e. The molecule has 2 aliphatic carbocycles. The number of methoxy groups -OCH3 is 1. The van der Waals surface area contributed by atoms with Crippen molar-refractivity contribution < 1.29 is 14.6 Å². The third-order valence-electron chi connectivity index (χ3n) is 4.72. The Kier molecular flexibility index (Phi) is 5.01. The molecular weight excluding hydrogens is 230 g/mol. The van der Waals surface area contributed by atoms with Crippen LogP contribution in [0.25, 0.3) is 0 Å². The quantitative estimate of drug-likeness (QED) is 0.688. The summed E-state index contributed by atoms with van der Waals surface area (Å²) in [6, 6.07) is 0.819. The van der Waals surface area contributed by atoms with E-state index >= 15 is 0 Å². The van der Waals surface area contributed by atoms with E-state index in [0.29, 0.717) is 24.2 Å². The number of ether oxygens (including phenoxy) is 2. The first-order chi connectivity index (χ1) is 8.76. The Morgan fingerprint density at radius 3 is 2.72 bits per heavy atom. The highest BCUT2D eigenvalue weighted by molar-refractivity contribution is 5.12. The van der Waals surface area contributed by atoms with E-state index in [9.17, 15) is 0 Å². The van der Waals surface area contributed by atoms with Crippen molar-refractivity contribution in [3.63, 3.8) is 0 Å². The predicted molar refractivity (Wildman–Crippen MR) is 70.6 cm³/mol. The third-order valence-corrected chi connectivity index (χ3v) is 4.72. The lowest BCUT2D eigenvalue weighted by Gasteiger charge is -2.61. The predicted octanol–water partition coefficient (Wildman–Crippen LogP) is 1.32. The molecule has 2 rings (SSSR count). The van der Waals surface area contributed by atoms with Crippen LogP contribution in [0, 0.1) is 5.41 Å². The van der Waals surface area contributed by atoms with Gasteiger partial charge in [-0.2, -0.15) is 0 Å². The van der Waals surface area contributed by atoms with E-state index in [1.165, 1.54) is 19.3 Å². The molecule has 18 heavy (non-hydrogen) atoms. The van der Waals surface area contributed by atoms with Gasteiger partial charge in [-0.1, -0.05) is 6.42 Å². The van der Waals surface area contributed by atoms with Crippen LogP contribution >= 0.6 is 0 Å². The Morgan fingerprint density at radius 2 is 2.22 bits per heavy atom. The zero-order valence-corrected chi connectivity index (χ0v) is 11.7. The van der Waals surface area contributed by atoms with Gasteiger partial charge in [0, 0.05) is 37.8 Å². The lowest BCUT2D eigenvalue weighted by Crippen LogP contribution is -2.68. The molecule has 2 fully saturated rings. The van der Waals surface area contributed by atoms with E-state index in [-0.39, 0.29) is 12.6 Å². The second-order valence-corrected chi connectivity index (χ2v) is 5.65. The first-order valence-electron chi connectivity index (χ1n) is 7.24. The summed E-state index contributed by atoms with van der Waals surface area (Å²) in [5.41, 5.74) is 0.386. The van der Waals surface area contributed by atoms with Gasteiger partial charge < -0.3 is 19.9 Å². The van der Waals surface area contributed by atoms with Gasteiger partial charge in [0.25, 0.3) is 0 Å². The van der Waals surface area contributed by atoms with E-state index in [1.807, 2.05) is 0 Å². The van der Waals surface area contributed by atoms with E-state index < -0.39 is 0 Å². The Morgan fingerprint density at radius 1 is 1.44 bits per heavy atom. The standard InChI is InChI=1S/C14H27NO3/c1-3-18-13-9-12(14(13)6-4-7-14)15-11(5-8-16)10-17-2/h11-13,15-16H,3-10H2,1-2H3. The van der Waals surface area contributed by atoms with Crippen molar-refractivity contribution in [3.05, 3.63) is 0 Å². The SMILES string of the molecule is CCOC1CC(NC(CCO)COC)C12CCC2. The van der Waals surface area contributed by atoms with Crippen molar-refractivity contribution in [1.82, 2.24) is 5.32 Å². The van der Waals surface area contributed by atoms with Gasteiger partial charge in [-0.05, 0) is 32.6 Å². The molecule has 0 amide bonds. The van der Waals surface area contributed by atoms with Crippen LogP contribution in [-0.2, 0) is 9.47 Å². The molecule has 0 aromatic carbocycles. The molecule has 1 spiro atoms. The van der Waals surface area contributed by atoms with Crippen LogP contribution in [0.2, 0.25) is 0 Å². The minimum Gasteiger partial charge on any atom is -0.396 e. The maximum absolute atomic E-state index is 9.08. The largest absolute Gasteiger partial charge is 0.396 e. The minimum atomic E-state index is 0.218. The molecule has 3 atom stereocenters. The van der Waals surface area contributed by atoms with Crippen molar-refractivity contribution >= 4 is 0 Å². The first-order valence-corrected chi connectivity index (χ1v) is 7.24. The van der Waals surface area contributed by atoms with Crippen molar-refractivity contribution in [2.75, 3.05) is 26.9 Å². The van der Waals surface area contributed by atoms with Crippen LogP contribution in [0.1, 0.15) is 39.0 Å². The summed E-state index contributed by atoms with van der Waals surface area (Å²) in [6.07, 6.45) is 6.23. The van der Waals surface area contributed by atoms with Gasteiger partial charge in [-0.3, -0.25) is 0 Å². The van der Waals surface area contributed by atoms with Gasteiger partial charge in [0.05, 0.1) is 12.7 Å². The summed E-state index contributed by atoms with van der Waals surface area (Å²) in [7, 11) is 1.72. The van der Waals surface area contributed by atoms with Crippen molar-refractivity contribution in [2.45, 2.75) is 57.2 Å². The average molecular weight is 257 g/mol. The van der Waals surface area contributed by atoms with E-state index in [1.54, 1.807) is 7.11 Å². The van der Waals surface area contributed by atoms with Crippen LogP contribution < -0.4 is 5.32 Å². The summed E-state index contributed by atoms with van der Waals surface area (Å²) >= 11 is 0. The van der Waals surface area contributed by atoms with Crippen LogP contribution in [0.3, 0.4) is 0 Å². The monoisotopic (exact) mass is 257 g/mol. The lowest BCUT2D eigenvalue weighted by atomic mass is 9.51. The zero-order valence-electron chi connectivity index (χ0n) is 11.7. The molecule has 0 aromatic heterocycles. The van der Waals surface area contributed by atoms with Gasteiger partial charge in [0.15, 0.2) is 0 Å². The maximum atomic E-state index is 9.08. The highest BCUT2D eigenvalue weighted by Crippen LogP contribution is 2.57. The first kappa shape index (κ1) is 14.3. The van der Waals surface area contributed by atoms with Crippen molar-refractivity contribution in [2.24, 2.45) is 5.41 Å². The van der Waals surface area contributed by atoms with Crippen LogP contribution in [-0.4, -0.2) is 50.2 Å². The second kappa shape index (κ2) is 6.33. The van der Waals surface area contributed by atoms with Crippen LogP contribution in [0.4, 0.5) is 0 Å². The molecule has 2 N–H and O–H groups in total. The molecular formula is C14H27NO3. The highest BCUT2D eigenvalue weighted by atomic mass is 16.5. The Bertz CT molecular complexity index is 249. The summed E-state index contributed by atoms with van der Waals surface area (Å²) < 4.78 is 11.1. The molecule has 106 valence electrons. The molecule has 0 saturated heterocycles. The van der Waals surface area contributed by atoms with E-state index in [4.69, 9.17) is 14.6 Å². The average Bonchev–Trinajstić information content (AvgIpc) is 2.25. The number of hydrogen-bond donors (Lipinski definition) is 2. The number of aliphatic hydroxyl groups excluding tert-OH is 1. The number of rotatable bonds is 8. The Balaban J connectivity index is 1.86. The molecule has 0 bridgehead atoms. The zero-order chi connectivity index (χ0) is 13.0. The fourth-order valence-corrected chi connectivity index (χ4v) is 3.53. The molecule has 2 aliphatic rings. The number of nitrogens with one attached hydrogen (secondary N) is 1. The van der Waals surface area contributed by atoms with Crippen molar-refractivity contribution in [1.29, 1.82) is 0 Å². The molecule has 0 radical (unpaired) electrons. The fraction of sp³-hybridized carbons (Fsp3) is 1.00. The van der Waals surface area contributed by atoms with Crippen molar-refractivity contribution in [3.8, 4) is 0 Å². The maximum Gasteiger partial charge on any atom is 0.0661 e. The summed E-state index contributed by atoms with van der Waals surface area (Å²) in [5.74, 6) is 0. The van der Waals surface area contributed by atoms with E-state index in [2.05, 4.69) is 12.2 Å². The van der Waals surface area contributed by atoms with Gasteiger partial charge >= 0.3 is 0 Å². The second-order valence-electron chi connectivity index (χ2n) is 5.65. The molecule has 0 heterocycles. The minimum absolute atomic E-state index is 0.218. The molecule has 3 unspecified atom stereocenters. The van der Waals surface area contributed by atoms with Gasteiger partial charge in [0.2, 0.25) is 0 Å². The lowest BCUT2D eigenvalue weighted by molar-refractivity contribution is -0.175. The molecule has 0 aromatic rings. The normalized spacial score (nSPS) is 30.8. The molecule has 4 heteroatoms. The van der Waals surface area contributed by atoms with E-state index in [0.717, 1.165) is 19.4 Å². The van der Waals surface area contributed by atoms with Gasteiger partial charge in [0.1, 0.15) is 0 Å². The van der Waals surface area contributed by atoms with Crippen LogP contribution in [0.15, 0.2) is 0 Å². The summed E-state index contributed by atoms with van der Waals surface area (Å²) in [4.78, 5) is 0. The Labute approximate surface area is 110 Å².